The summed E-state index contributed by atoms with van der Waals surface area (Å²) in [7, 11) is 0. The van der Waals surface area contributed by atoms with Crippen LogP contribution in [-0.2, 0) is 0 Å². The summed E-state index contributed by atoms with van der Waals surface area (Å²) in [5.41, 5.74) is 2.58. The second-order valence-corrected chi connectivity index (χ2v) is 5.43. The highest BCUT2D eigenvalue weighted by Gasteiger charge is 2.24. The molecule has 5 heteroatoms. The molecule has 0 fully saturated rings. The number of hydrogen-bond acceptors (Lipinski definition) is 3. The number of anilines is 1. The number of ketones is 1. The Morgan fingerprint density at radius 3 is 2.12 bits per heavy atom. The molecule has 0 radical (unpaired) electrons. The van der Waals surface area contributed by atoms with Crippen LogP contribution in [0.3, 0.4) is 0 Å². The molecule has 3 rings (SSSR count). The number of carbonyl (C=O) groups excluding carboxylic acids is 2. The Bertz CT molecular complexity index is 884. The first kappa shape index (κ1) is 15.7. The molecule has 0 atom stereocenters. The lowest BCUT2D eigenvalue weighted by atomic mass is 10.1. The van der Waals surface area contributed by atoms with Crippen molar-refractivity contribution >= 4 is 17.4 Å². The van der Waals surface area contributed by atoms with Crippen molar-refractivity contribution in [3.8, 4) is 5.69 Å². The maximum atomic E-state index is 12.6. The van der Waals surface area contributed by atoms with Gasteiger partial charge in [0, 0.05) is 5.69 Å². The highest BCUT2D eigenvalue weighted by Crippen LogP contribution is 2.20. The van der Waals surface area contributed by atoms with Crippen molar-refractivity contribution < 1.29 is 9.59 Å². The lowest BCUT2D eigenvalue weighted by Crippen LogP contribution is -2.16. The molecule has 0 aliphatic carbocycles. The van der Waals surface area contributed by atoms with Crippen LogP contribution in [0.2, 0.25) is 0 Å². The third-order valence-corrected chi connectivity index (χ3v) is 3.72. The quantitative estimate of drug-likeness (QED) is 0.747. The molecular weight excluding hydrogens is 302 g/mol. The fraction of sp³-hybridized carbons (Fsp3) is 0.105. The normalized spacial score (nSPS) is 10.4. The Labute approximate surface area is 139 Å². The minimum Gasteiger partial charge on any atom is -0.321 e. The number of aromatic nitrogens is 2. The third-order valence-electron chi connectivity index (χ3n) is 3.72. The van der Waals surface area contributed by atoms with Gasteiger partial charge in [-0.1, -0.05) is 36.4 Å². The molecule has 1 N–H and O–H groups in total. The van der Waals surface area contributed by atoms with Crippen LogP contribution < -0.4 is 5.32 Å². The Morgan fingerprint density at radius 2 is 1.54 bits per heavy atom. The number of hydrogen-bond donors (Lipinski definition) is 1. The summed E-state index contributed by atoms with van der Waals surface area (Å²) >= 11 is 0. The Kier molecular flexibility index (Phi) is 4.24. The molecule has 0 unspecified atom stereocenters. The monoisotopic (exact) mass is 319 g/mol. The van der Waals surface area contributed by atoms with Crippen molar-refractivity contribution in [3.63, 3.8) is 0 Å². The van der Waals surface area contributed by atoms with E-state index in [-0.39, 0.29) is 11.5 Å². The van der Waals surface area contributed by atoms with E-state index in [0.717, 1.165) is 5.69 Å². The molecule has 0 bridgehead atoms. The van der Waals surface area contributed by atoms with Crippen LogP contribution in [-0.4, -0.2) is 21.5 Å². The average molecular weight is 319 g/mol. The van der Waals surface area contributed by atoms with Gasteiger partial charge in [-0.25, -0.2) is 4.68 Å². The average Bonchev–Trinajstić information content (AvgIpc) is 2.94. The van der Waals surface area contributed by atoms with Crippen LogP contribution in [0.5, 0.6) is 0 Å². The van der Waals surface area contributed by atoms with Gasteiger partial charge in [0.15, 0.2) is 11.5 Å². The number of nitrogens with zero attached hydrogens (tertiary/aromatic N) is 2. The van der Waals surface area contributed by atoms with Gasteiger partial charge in [0.05, 0.1) is 16.9 Å². The van der Waals surface area contributed by atoms with Gasteiger partial charge < -0.3 is 5.32 Å². The molecule has 1 aromatic heterocycles. The Balaban J connectivity index is 2.04. The van der Waals surface area contributed by atoms with Crippen molar-refractivity contribution in [2.45, 2.75) is 13.8 Å². The van der Waals surface area contributed by atoms with Crippen LogP contribution in [0.4, 0.5) is 5.69 Å². The van der Waals surface area contributed by atoms with Crippen LogP contribution in [0, 0.1) is 6.92 Å². The zero-order chi connectivity index (χ0) is 17.1. The highest BCUT2D eigenvalue weighted by molar-refractivity contribution is 6.11. The summed E-state index contributed by atoms with van der Waals surface area (Å²) in [5.74, 6) is -0.586. The van der Waals surface area contributed by atoms with Crippen LogP contribution in [0.25, 0.3) is 5.69 Å². The minimum atomic E-state index is -0.399. The van der Waals surface area contributed by atoms with Crippen LogP contribution in [0.1, 0.15) is 33.5 Å². The first-order chi connectivity index (χ1) is 11.6. The van der Waals surface area contributed by atoms with Gasteiger partial charge in [-0.3, -0.25) is 9.59 Å². The van der Waals surface area contributed by atoms with Gasteiger partial charge >= 0.3 is 0 Å². The highest BCUT2D eigenvalue weighted by atomic mass is 16.2. The number of nitrogens with one attached hydrogen (secondary N) is 1. The third kappa shape index (κ3) is 2.96. The molecule has 2 aromatic carbocycles. The Morgan fingerprint density at radius 1 is 0.958 bits per heavy atom. The van der Waals surface area contributed by atoms with Crippen LogP contribution in [0.15, 0.2) is 60.7 Å². The van der Waals surface area contributed by atoms with E-state index in [9.17, 15) is 9.59 Å². The van der Waals surface area contributed by atoms with Crippen molar-refractivity contribution in [3.05, 3.63) is 77.6 Å². The van der Waals surface area contributed by atoms with E-state index in [1.807, 2.05) is 48.5 Å². The van der Waals surface area contributed by atoms with Gasteiger partial charge in [0.25, 0.3) is 5.91 Å². The topological polar surface area (TPSA) is 64.0 Å². The predicted octanol–water partition coefficient (Wildman–Crippen LogP) is 3.64. The molecule has 5 nitrogen and oxygen atoms in total. The number of carbonyl (C=O) groups is 2. The number of benzene rings is 2. The maximum absolute atomic E-state index is 12.6. The molecule has 0 aliphatic heterocycles. The molecule has 0 saturated carbocycles. The molecule has 0 saturated heterocycles. The number of amides is 1. The van der Waals surface area contributed by atoms with Gasteiger partial charge in [0.2, 0.25) is 0 Å². The SMILES string of the molecule is CC(=O)c1c(C(=O)Nc2ccccc2)nn(-c2ccccc2)c1C. The van der Waals surface area contributed by atoms with E-state index in [2.05, 4.69) is 10.4 Å². The van der Waals surface area contributed by atoms with Crippen molar-refractivity contribution in [1.82, 2.24) is 9.78 Å². The zero-order valence-electron chi connectivity index (χ0n) is 13.5. The zero-order valence-corrected chi connectivity index (χ0v) is 13.5. The van der Waals surface area contributed by atoms with Gasteiger partial charge in [-0.2, -0.15) is 5.10 Å². The lowest BCUT2D eigenvalue weighted by Gasteiger charge is -2.03. The summed E-state index contributed by atoms with van der Waals surface area (Å²) < 4.78 is 1.62. The number of para-hydroxylation sites is 2. The van der Waals surface area contributed by atoms with Gasteiger partial charge in [-0.15, -0.1) is 0 Å². The summed E-state index contributed by atoms with van der Waals surface area (Å²) in [5, 5.41) is 7.16. The van der Waals surface area contributed by atoms with E-state index in [4.69, 9.17) is 0 Å². The molecule has 0 spiro atoms. The van der Waals surface area contributed by atoms with Crippen molar-refractivity contribution in [1.29, 1.82) is 0 Å². The van der Waals surface area contributed by atoms with Gasteiger partial charge in [-0.05, 0) is 38.1 Å². The Hall–Kier alpha value is -3.21. The standard InChI is InChI=1S/C19H17N3O2/c1-13-17(14(2)23)18(19(24)20-15-9-5-3-6-10-15)21-22(13)16-11-7-4-8-12-16/h3-12H,1-2H3,(H,20,24). The molecule has 3 aromatic rings. The van der Waals surface area contributed by atoms with Crippen LogP contribution >= 0.6 is 0 Å². The molecule has 0 aliphatic rings. The smallest absolute Gasteiger partial charge is 0.276 e. The minimum absolute atomic E-state index is 0.132. The summed E-state index contributed by atoms with van der Waals surface area (Å²) in [4.78, 5) is 24.7. The van der Waals surface area contributed by atoms with E-state index < -0.39 is 5.91 Å². The molecular formula is C19H17N3O2. The fourth-order valence-electron chi connectivity index (χ4n) is 2.62. The molecule has 120 valence electrons. The fourth-order valence-corrected chi connectivity index (χ4v) is 2.62. The van der Waals surface area contributed by atoms with E-state index >= 15 is 0 Å². The van der Waals surface area contributed by atoms with Gasteiger partial charge in [0.1, 0.15) is 0 Å². The lowest BCUT2D eigenvalue weighted by molar-refractivity contribution is 0.0983. The van der Waals surface area contributed by atoms with E-state index in [0.29, 0.717) is 16.9 Å². The number of rotatable bonds is 4. The predicted molar refractivity (Wildman–Crippen MR) is 92.7 cm³/mol. The maximum Gasteiger partial charge on any atom is 0.276 e. The summed E-state index contributed by atoms with van der Waals surface area (Å²) in [6.07, 6.45) is 0. The van der Waals surface area contributed by atoms with Crippen molar-refractivity contribution in [2.24, 2.45) is 0 Å². The summed E-state index contributed by atoms with van der Waals surface area (Å²) in [6, 6.07) is 18.5. The van der Waals surface area contributed by atoms with E-state index in [1.54, 1.807) is 23.7 Å². The summed E-state index contributed by atoms with van der Waals surface area (Å²) in [6.45, 7) is 3.23. The second-order valence-electron chi connectivity index (χ2n) is 5.43. The van der Waals surface area contributed by atoms with E-state index in [1.165, 1.54) is 6.92 Å². The first-order valence-corrected chi connectivity index (χ1v) is 7.60. The molecule has 24 heavy (non-hydrogen) atoms. The first-order valence-electron chi connectivity index (χ1n) is 7.60. The largest absolute Gasteiger partial charge is 0.321 e. The number of Topliss-reactive ketones (excluding diaryl/α,β-unsaturated/α-hetero) is 1. The second kappa shape index (κ2) is 6.50. The van der Waals surface area contributed by atoms with Crippen molar-refractivity contribution in [2.75, 3.05) is 5.32 Å². The molecule has 1 heterocycles. The molecule has 1 amide bonds.